The molecule has 9 heavy (non-hydrogen) atoms. The van der Waals surface area contributed by atoms with Crippen molar-refractivity contribution in [2.45, 2.75) is 12.0 Å². The summed E-state index contributed by atoms with van der Waals surface area (Å²) >= 11 is 0. The molecule has 2 nitrogen and oxygen atoms in total. The van der Waals surface area contributed by atoms with Gasteiger partial charge >= 0.3 is 6.18 Å². The molecule has 0 bridgehead atoms. The van der Waals surface area contributed by atoms with E-state index in [0.29, 0.717) is 0 Å². The molecule has 0 amide bonds. The fourth-order valence-electron chi connectivity index (χ4n) is 0.0758. The first-order valence-electron chi connectivity index (χ1n) is 1.88. The molecule has 0 aliphatic rings. The summed E-state index contributed by atoms with van der Waals surface area (Å²) in [7, 11) is 0. The Hall–Kier alpha value is -0.360. The maximum Gasteiger partial charge on any atom is 0.445 e. The van der Waals surface area contributed by atoms with Crippen LogP contribution in [0.4, 0.5) is 17.6 Å². The first-order valence-corrected chi connectivity index (χ1v) is 1.88. The van der Waals surface area contributed by atoms with Crippen molar-refractivity contribution in [1.82, 2.24) is 0 Å². The summed E-state index contributed by atoms with van der Waals surface area (Å²) in [5.74, 6) is -4.19. The quantitative estimate of drug-likeness (QED) is 0.412. The summed E-state index contributed by atoms with van der Waals surface area (Å²) in [6.07, 6.45) is -5.32. The lowest BCUT2D eigenvalue weighted by atomic mass is 10.3. The van der Waals surface area contributed by atoms with E-state index in [1.807, 2.05) is 0 Å². The highest BCUT2D eigenvalue weighted by Gasteiger charge is 2.53. The molecule has 6 heteroatoms. The Bertz CT molecular complexity index is 96.5. The molecule has 0 heterocycles. The minimum atomic E-state index is -5.32. The summed E-state index contributed by atoms with van der Waals surface area (Å²) in [4.78, 5) is 0. The van der Waals surface area contributed by atoms with Crippen LogP contribution in [-0.4, -0.2) is 28.9 Å². The van der Waals surface area contributed by atoms with Crippen LogP contribution in [0.3, 0.4) is 0 Å². The van der Waals surface area contributed by atoms with Gasteiger partial charge in [-0.15, -0.1) is 0 Å². The molecule has 0 fully saturated rings. The highest BCUT2D eigenvalue weighted by molar-refractivity contribution is 4.71. The molecule has 0 aliphatic heterocycles. The van der Waals surface area contributed by atoms with E-state index >= 15 is 0 Å². The average molecular weight is 148 g/mol. The second-order valence-electron chi connectivity index (χ2n) is 1.45. The predicted molar refractivity (Wildman–Crippen MR) is 19.2 cm³/mol. The topological polar surface area (TPSA) is 40.5 Å². The van der Waals surface area contributed by atoms with E-state index in [4.69, 9.17) is 10.2 Å². The summed E-state index contributed by atoms with van der Waals surface area (Å²) < 4.78 is 44.3. The molecule has 0 spiro atoms. The summed E-state index contributed by atoms with van der Waals surface area (Å²) in [5, 5.41) is 15.4. The minimum Gasteiger partial charge on any atom is -0.357 e. The maximum absolute atomic E-state index is 11.1. The largest absolute Gasteiger partial charge is 0.445 e. The zero-order valence-electron chi connectivity index (χ0n) is 4.11. The molecule has 0 rings (SSSR count). The molecule has 0 saturated heterocycles. The Morgan fingerprint density at radius 2 is 1.44 bits per heavy atom. The van der Waals surface area contributed by atoms with Crippen molar-refractivity contribution >= 4 is 0 Å². The number of hydrogen-bond donors (Lipinski definition) is 2. The highest BCUT2D eigenvalue weighted by Crippen LogP contribution is 2.27. The maximum atomic E-state index is 11.1. The van der Waals surface area contributed by atoms with E-state index in [1.54, 1.807) is 0 Å². The van der Waals surface area contributed by atoms with Crippen LogP contribution in [0, 0.1) is 0 Å². The van der Waals surface area contributed by atoms with Gasteiger partial charge < -0.3 is 10.2 Å². The normalized spacial score (nSPS) is 14.0. The molecular formula is C3H4F4O2. The van der Waals surface area contributed by atoms with Crippen molar-refractivity contribution in [2.24, 2.45) is 0 Å². The van der Waals surface area contributed by atoms with E-state index in [2.05, 4.69) is 0 Å². The summed E-state index contributed by atoms with van der Waals surface area (Å²) in [6, 6.07) is 0. The van der Waals surface area contributed by atoms with Crippen molar-refractivity contribution in [2.75, 3.05) is 6.67 Å². The minimum absolute atomic E-state index is 2.25. The molecule has 0 aliphatic carbocycles. The zero-order chi connectivity index (χ0) is 7.71. The van der Waals surface area contributed by atoms with Gasteiger partial charge in [-0.3, -0.25) is 0 Å². The third kappa shape index (κ3) is 1.79. The van der Waals surface area contributed by atoms with Crippen LogP contribution in [0.15, 0.2) is 0 Å². The van der Waals surface area contributed by atoms with Gasteiger partial charge in [0.25, 0.3) is 5.79 Å². The lowest BCUT2D eigenvalue weighted by Gasteiger charge is -2.20. The van der Waals surface area contributed by atoms with Crippen LogP contribution >= 0.6 is 0 Å². The third-order valence-electron chi connectivity index (χ3n) is 0.640. The average Bonchev–Trinajstić information content (AvgIpc) is 1.64. The molecule has 0 radical (unpaired) electrons. The molecular weight excluding hydrogens is 144 g/mol. The fraction of sp³-hybridized carbons (Fsp3) is 1.00. The second-order valence-corrected chi connectivity index (χ2v) is 1.45. The number of rotatable bonds is 1. The summed E-state index contributed by atoms with van der Waals surface area (Å²) in [6.45, 7) is -2.25. The Morgan fingerprint density at radius 3 is 1.44 bits per heavy atom. The second kappa shape index (κ2) is 2.11. The molecule has 0 saturated carbocycles. The van der Waals surface area contributed by atoms with Gasteiger partial charge in [-0.1, -0.05) is 0 Å². The molecule has 0 atom stereocenters. The number of aliphatic hydroxyl groups is 2. The van der Waals surface area contributed by atoms with E-state index in [0.717, 1.165) is 0 Å². The first kappa shape index (κ1) is 8.64. The van der Waals surface area contributed by atoms with Crippen molar-refractivity contribution < 1.29 is 27.8 Å². The predicted octanol–water partition coefficient (Wildman–Crippen LogP) is 0.199. The molecule has 2 N–H and O–H groups in total. The Morgan fingerprint density at radius 1 is 1.11 bits per heavy atom. The van der Waals surface area contributed by atoms with E-state index in [9.17, 15) is 17.6 Å². The van der Waals surface area contributed by atoms with Crippen LogP contribution < -0.4 is 0 Å². The van der Waals surface area contributed by atoms with E-state index in [1.165, 1.54) is 0 Å². The Kier molecular flexibility index (Phi) is 2.02. The van der Waals surface area contributed by atoms with Gasteiger partial charge in [0.05, 0.1) is 0 Å². The molecule has 56 valence electrons. The van der Waals surface area contributed by atoms with Gasteiger partial charge in [0.15, 0.2) is 6.67 Å². The fourth-order valence-corrected chi connectivity index (χ4v) is 0.0758. The van der Waals surface area contributed by atoms with Crippen LogP contribution in [-0.2, 0) is 0 Å². The van der Waals surface area contributed by atoms with Gasteiger partial charge in [0.2, 0.25) is 0 Å². The summed E-state index contributed by atoms with van der Waals surface area (Å²) in [5.41, 5.74) is 0. The number of hydrogen-bond acceptors (Lipinski definition) is 2. The highest BCUT2D eigenvalue weighted by atomic mass is 19.4. The van der Waals surface area contributed by atoms with Gasteiger partial charge in [0, 0.05) is 0 Å². The van der Waals surface area contributed by atoms with Gasteiger partial charge in [0.1, 0.15) is 0 Å². The molecule has 0 aromatic rings. The van der Waals surface area contributed by atoms with Crippen molar-refractivity contribution in [3.8, 4) is 0 Å². The van der Waals surface area contributed by atoms with Crippen molar-refractivity contribution in [3.63, 3.8) is 0 Å². The van der Waals surface area contributed by atoms with Gasteiger partial charge in [-0.25, -0.2) is 4.39 Å². The molecule has 0 aromatic heterocycles. The number of alkyl halides is 4. The standard InChI is InChI=1S/C3H4F4O2/c4-1-2(8,9)3(5,6)7/h8-9H,1H2. The van der Waals surface area contributed by atoms with E-state index < -0.39 is 18.6 Å². The van der Waals surface area contributed by atoms with E-state index in [-0.39, 0.29) is 0 Å². The lowest BCUT2D eigenvalue weighted by Crippen LogP contribution is -2.46. The van der Waals surface area contributed by atoms with Crippen LogP contribution in [0.25, 0.3) is 0 Å². The molecule has 0 aromatic carbocycles. The molecule has 0 unspecified atom stereocenters. The Balaban J connectivity index is 4.14. The third-order valence-corrected chi connectivity index (χ3v) is 0.640. The van der Waals surface area contributed by atoms with Crippen molar-refractivity contribution in [1.29, 1.82) is 0 Å². The Labute approximate surface area is 47.7 Å². The van der Waals surface area contributed by atoms with Gasteiger partial charge in [-0.2, -0.15) is 13.2 Å². The lowest BCUT2D eigenvalue weighted by molar-refractivity contribution is -0.352. The van der Waals surface area contributed by atoms with Crippen LogP contribution in [0.1, 0.15) is 0 Å². The smallest absolute Gasteiger partial charge is 0.357 e. The first-order chi connectivity index (χ1) is 3.81. The van der Waals surface area contributed by atoms with Crippen LogP contribution in [0.2, 0.25) is 0 Å². The monoisotopic (exact) mass is 148 g/mol. The number of halogens is 4. The van der Waals surface area contributed by atoms with Crippen LogP contribution in [0.5, 0.6) is 0 Å². The SMILES string of the molecule is OC(O)(CF)C(F)(F)F. The zero-order valence-corrected chi connectivity index (χ0v) is 4.11. The van der Waals surface area contributed by atoms with Gasteiger partial charge in [-0.05, 0) is 0 Å². The van der Waals surface area contributed by atoms with Crippen molar-refractivity contribution in [3.05, 3.63) is 0 Å².